The van der Waals surface area contributed by atoms with Crippen LogP contribution in [0.3, 0.4) is 0 Å². The molecule has 0 heterocycles. The summed E-state index contributed by atoms with van der Waals surface area (Å²) in [6.07, 6.45) is -7.31. The number of hydrogen-bond acceptors (Lipinski definition) is 6. The Morgan fingerprint density at radius 3 is 1.94 bits per heavy atom. The van der Waals surface area contributed by atoms with Gasteiger partial charge in [-0.3, -0.25) is 0 Å². The van der Waals surface area contributed by atoms with E-state index in [9.17, 15) is 47.9 Å². The van der Waals surface area contributed by atoms with Crippen LogP contribution < -0.4 is 8.91 Å². The summed E-state index contributed by atoms with van der Waals surface area (Å²) in [7, 11) is -7.36. The second-order valence-electron chi connectivity index (χ2n) is 6.92. The molecule has 2 rings (SSSR count). The van der Waals surface area contributed by atoms with Crippen LogP contribution in [0.5, 0.6) is 5.75 Å². The zero-order valence-electron chi connectivity index (χ0n) is 16.2. The minimum absolute atomic E-state index is 0.0273. The van der Waals surface area contributed by atoms with Crippen LogP contribution >= 0.6 is 12.3 Å². The van der Waals surface area contributed by atoms with Crippen LogP contribution in [0.15, 0.2) is 24.3 Å². The highest BCUT2D eigenvalue weighted by atomic mass is 32.2. The summed E-state index contributed by atoms with van der Waals surface area (Å²) in [5.74, 6) is -6.69. The zero-order chi connectivity index (χ0) is 25.1. The molecule has 0 amide bonds. The Bertz CT molecular complexity index is 889. The van der Waals surface area contributed by atoms with Crippen molar-refractivity contribution in [2.75, 3.05) is 0 Å². The summed E-state index contributed by atoms with van der Waals surface area (Å²) in [4.78, 5) is 2.85. The van der Waals surface area contributed by atoms with Gasteiger partial charge < -0.3 is 4.18 Å². The molecule has 1 aromatic rings. The van der Waals surface area contributed by atoms with Crippen molar-refractivity contribution in [2.24, 2.45) is 0 Å². The smallest absolute Gasteiger partial charge is 0.399 e. The normalized spacial score (nSPS) is 17.2. The van der Waals surface area contributed by atoms with E-state index < -0.39 is 50.7 Å². The molecule has 6 nitrogen and oxygen atoms in total. The highest BCUT2D eigenvalue weighted by Gasteiger charge is 2.80. The molecule has 0 atom stereocenters. The maximum absolute atomic E-state index is 13.5. The third-order valence-electron chi connectivity index (χ3n) is 4.57. The van der Waals surface area contributed by atoms with Crippen LogP contribution in [-0.4, -0.2) is 32.0 Å². The average molecular weight is 537 g/mol. The fourth-order valence-electron chi connectivity index (χ4n) is 2.95. The van der Waals surface area contributed by atoms with Gasteiger partial charge in [0.25, 0.3) is 22.3 Å². The molecule has 1 aromatic carbocycles. The van der Waals surface area contributed by atoms with Gasteiger partial charge in [0.15, 0.2) is 0 Å². The standard InChI is InChI=1S/C16H16F9NO5S2/c17-13(18,15(21,22)33(27,28)26-16(23,24)25)14(19,20)30-31-32-29-12-8-6-11(7-9-12)10-4-2-1-3-5-10/h6-10,26H,1-5H2. The summed E-state index contributed by atoms with van der Waals surface area (Å²) in [6, 6.07) is 6.09. The molecule has 1 fully saturated rings. The number of sulfonamides is 1. The van der Waals surface area contributed by atoms with Gasteiger partial charge in [-0.1, -0.05) is 31.4 Å². The fraction of sp³-hybridized carbons (Fsp3) is 0.625. The highest BCUT2D eigenvalue weighted by molar-refractivity contribution is 7.90. The van der Waals surface area contributed by atoms with Crippen molar-refractivity contribution in [3.05, 3.63) is 29.8 Å². The predicted molar refractivity (Wildman–Crippen MR) is 95.6 cm³/mol. The highest BCUT2D eigenvalue weighted by Crippen LogP contribution is 2.49. The third kappa shape index (κ3) is 6.58. The van der Waals surface area contributed by atoms with E-state index >= 15 is 0 Å². The Morgan fingerprint density at radius 2 is 1.42 bits per heavy atom. The second kappa shape index (κ2) is 10.1. The van der Waals surface area contributed by atoms with Gasteiger partial charge in [-0.05, 0) is 36.5 Å². The summed E-state index contributed by atoms with van der Waals surface area (Å²) < 4.78 is 146. The average Bonchev–Trinajstić information content (AvgIpc) is 2.70. The first-order chi connectivity index (χ1) is 15.0. The minimum Gasteiger partial charge on any atom is -0.399 e. The monoisotopic (exact) mass is 537 g/mol. The Kier molecular flexibility index (Phi) is 8.47. The lowest BCUT2D eigenvalue weighted by Crippen LogP contribution is -2.62. The number of halogens is 9. The third-order valence-corrected chi connectivity index (χ3v) is 6.39. The molecule has 17 heteroatoms. The number of hydrogen-bond donors (Lipinski definition) is 1. The van der Waals surface area contributed by atoms with Gasteiger partial charge in [-0.15, -0.1) is 13.9 Å². The number of rotatable bonds is 10. The number of alkyl halides is 9. The predicted octanol–water partition coefficient (Wildman–Crippen LogP) is 5.88. The van der Waals surface area contributed by atoms with Gasteiger partial charge in [0.05, 0.1) is 0 Å². The fourth-order valence-corrected chi connectivity index (χ4v) is 4.17. The molecule has 0 spiro atoms. The number of benzene rings is 1. The summed E-state index contributed by atoms with van der Waals surface area (Å²) in [6.45, 7) is 0. The van der Waals surface area contributed by atoms with E-state index in [1.807, 2.05) is 0 Å². The molecule has 0 saturated heterocycles. The Hall–Kier alpha value is -1.43. The first-order valence-electron chi connectivity index (χ1n) is 9.03. The molecule has 0 aromatic heterocycles. The van der Waals surface area contributed by atoms with Crippen LogP contribution in [0.4, 0.5) is 39.5 Å². The molecule has 0 aliphatic heterocycles. The van der Waals surface area contributed by atoms with Crippen molar-refractivity contribution in [3.63, 3.8) is 0 Å². The van der Waals surface area contributed by atoms with E-state index in [4.69, 9.17) is 4.18 Å². The molecule has 190 valence electrons. The molecule has 1 N–H and O–H groups in total. The molecule has 0 radical (unpaired) electrons. The van der Waals surface area contributed by atoms with Gasteiger partial charge >= 0.3 is 23.6 Å². The van der Waals surface area contributed by atoms with Crippen molar-refractivity contribution < 1.29 is 61.3 Å². The van der Waals surface area contributed by atoms with Crippen LogP contribution in [0.2, 0.25) is 0 Å². The van der Waals surface area contributed by atoms with E-state index in [-0.39, 0.29) is 5.75 Å². The SMILES string of the molecule is O=S(=O)(NC(F)(F)F)C(F)(F)C(F)(F)C(F)(F)OOSOc1ccc(C2CCCCC2)cc1. The van der Waals surface area contributed by atoms with E-state index in [2.05, 4.69) is 9.22 Å². The van der Waals surface area contributed by atoms with E-state index in [0.717, 1.165) is 37.7 Å². The minimum atomic E-state index is -7.36. The lowest BCUT2D eigenvalue weighted by atomic mass is 9.84. The van der Waals surface area contributed by atoms with E-state index in [1.54, 1.807) is 12.1 Å². The van der Waals surface area contributed by atoms with Crippen LogP contribution in [0.25, 0.3) is 0 Å². The molecule has 1 aliphatic rings. The lowest BCUT2D eigenvalue weighted by Gasteiger charge is -2.30. The first kappa shape index (κ1) is 27.8. The Morgan fingerprint density at radius 1 is 0.879 bits per heavy atom. The van der Waals surface area contributed by atoms with Gasteiger partial charge in [-0.2, -0.15) is 39.5 Å². The molecule has 1 saturated carbocycles. The molecule has 0 bridgehead atoms. The van der Waals surface area contributed by atoms with Gasteiger partial charge in [-0.25, -0.2) is 8.42 Å². The molecule has 1 aliphatic carbocycles. The lowest BCUT2D eigenvalue weighted by molar-refractivity contribution is -0.463. The summed E-state index contributed by atoms with van der Waals surface area (Å²) >= 11 is -0.507. The van der Waals surface area contributed by atoms with Crippen LogP contribution in [-0.2, 0) is 19.2 Å². The van der Waals surface area contributed by atoms with Crippen molar-refractivity contribution >= 4 is 22.3 Å². The molecule has 0 unspecified atom stereocenters. The van der Waals surface area contributed by atoms with Crippen molar-refractivity contribution in [2.45, 2.75) is 61.6 Å². The Balaban J connectivity index is 1.95. The van der Waals surface area contributed by atoms with Gasteiger partial charge in [0.1, 0.15) is 5.75 Å². The van der Waals surface area contributed by atoms with Gasteiger partial charge in [0, 0.05) is 0 Å². The van der Waals surface area contributed by atoms with Crippen molar-refractivity contribution in [1.82, 2.24) is 4.72 Å². The Labute approximate surface area is 186 Å². The van der Waals surface area contributed by atoms with Gasteiger partial charge in [0.2, 0.25) is 0 Å². The summed E-state index contributed by atoms with van der Waals surface area (Å²) in [5.41, 5.74) is 0.978. The largest absolute Gasteiger partial charge is 0.470 e. The van der Waals surface area contributed by atoms with Crippen molar-refractivity contribution in [1.29, 1.82) is 0 Å². The molecule has 33 heavy (non-hydrogen) atoms. The molecular formula is C16H16F9NO5S2. The molecular weight excluding hydrogens is 521 g/mol. The maximum atomic E-state index is 13.5. The maximum Gasteiger partial charge on any atom is 0.470 e. The quantitative estimate of drug-likeness (QED) is 0.100. The topological polar surface area (TPSA) is 73.9 Å². The number of nitrogens with one attached hydrogen (secondary N) is 1. The van der Waals surface area contributed by atoms with E-state index in [0.29, 0.717) is 5.92 Å². The van der Waals surface area contributed by atoms with Crippen molar-refractivity contribution in [3.8, 4) is 5.75 Å². The zero-order valence-corrected chi connectivity index (χ0v) is 17.8. The first-order valence-corrected chi connectivity index (χ1v) is 11.2. The van der Waals surface area contributed by atoms with E-state index in [1.165, 1.54) is 12.1 Å². The van der Waals surface area contributed by atoms with Crippen LogP contribution in [0.1, 0.15) is 43.6 Å². The summed E-state index contributed by atoms with van der Waals surface area (Å²) in [5, 5.41) is -6.96. The van der Waals surface area contributed by atoms with Crippen LogP contribution in [0, 0.1) is 0 Å². The second-order valence-corrected chi connectivity index (χ2v) is 9.08.